The van der Waals surface area contributed by atoms with Crippen LogP contribution in [0.25, 0.3) is 0 Å². The highest BCUT2D eigenvalue weighted by Gasteiger charge is 2.26. The van der Waals surface area contributed by atoms with Crippen molar-refractivity contribution in [2.24, 2.45) is 5.73 Å². The number of hydrogen-bond donors (Lipinski definition) is 2. The smallest absolute Gasteiger partial charge is 0.313 e. The van der Waals surface area contributed by atoms with Crippen LogP contribution in [-0.2, 0) is 11.2 Å². The van der Waals surface area contributed by atoms with Crippen molar-refractivity contribution in [1.29, 1.82) is 0 Å². The second-order valence-corrected chi connectivity index (χ2v) is 3.49. The summed E-state index contributed by atoms with van der Waals surface area (Å²) in [5.74, 6) is -0.708. The van der Waals surface area contributed by atoms with E-state index in [1.165, 1.54) is 0 Å². The van der Waals surface area contributed by atoms with Gasteiger partial charge in [-0.25, -0.2) is 0 Å². The Labute approximate surface area is 85.8 Å². The van der Waals surface area contributed by atoms with Gasteiger partial charge < -0.3 is 5.73 Å². The fourth-order valence-corrected chi connectivity index (χ4v) is 1.29. The Balaban J connectivity index is 3.18. The topological polar surface area (TPSA) is 115 Å². The third kappa shape index (κ3) is 2.30. The van der Waals surface area contributed by atoms with Gasteiger partial charge in [-0.2, -0.15) is 5.10 Å². The third-order valence-corrected chi connectivity index (χ3v) is 1.92. The van der Waals surface area contributed by atoms with Crippen LogP contribution in [0, 0.1) is 10.1 Å². The Morgan fingerprint density at radius 2 is 2.27 bits per heavy atom. The van der Waals surface area contributed by atoms with Crippen molar-refractivity contribution < 1.29 is 9.72 Å². The highest BCUT2D eigenvalue weighted by molar-refractivity contribution is 5.77. The zero-order valence-electron chi connectivity index (χ0n) is 8.48. The molecule has 1 amide bonds. The van der Waals surface area contributed by atoms with Crippen LogP contribution in [0.2, 0.25) is 0 Å². The molecule has 15 heavy (non-hydrogen) atoms. The molecule has 0 saturated heterocycles. The SMILES string of the molecule is CC(C)c1n[nH]c(CC(N)=O)c1[N+](=O)[O-]. The number of amides is 1. The van der Waals surface area contributed by atoms with Gasteiger partial charge in [0.15, 0.2) is 0 Å². The third-order valence-electron chi connectivity index (χ3n) is 1.92. The minimum absolute atomic E-state index is 0.0803. The van der Waals surface area contributed by atoms with E-state index in [0.717, 1.165) is 0 Å². The van der Waals surface area contributed by atoms with Gasteiger partial charge >= 0.3 is 5.69 Å². The fourth-order valence-electron chi connectivity index (χ4n) is 1.29. The first kappa shape index (κ1) is 11.2. The van der Waals surface area contributed by atoms with Crippen molar-refractivity contribution in [1.82, 2.24) is 10.2 Å². The lowest BCUT2D eigenvalue weighted by atomic mass is 10.1. The average Bonchev–Trinajstić information content (AvgIpc) is 2.46. The van der Waals surface area contributed by atoms with Gasteiger partial charge in [0.1, 0.15) is 11.4 Å². The maximum absolute atomic E-state index is 10.8. The predicted molar refractivity (Wildman–Crippen MR) is 52.2 cm³/mol. The van der Waals surface area contributed by atoms with Crippen molar-refractivity contribution in [3.63, 3.8) is 0 Å². The highest BCUT2D eigenvalue weighted by atomic mass is 16.6. The zero-order chi connectivity index (χ0) is 11.6. The molecule has 1 aromatic heterocycles. The molecule has 0 atom stereocenters. The molecule has 0 aliphatic carbocycles. The first-order chi connectivity index (χ1) is 6.93. The average molecular weight is 212 g/mol. The summed E-state index contributed by atoms with van der Waals surface area (Å²) in [4.78, 5) is 20.9. The Bertz CT molecular complexity index is 397. The van der Waals surface area contributed by atoms with Gasteiger partial charge in [-0.15, -0.1) is 0 Å². The number of nitro groups is 1. The van der Waals surface area contributed by atoms with Crippen LogP contribution >= 0.6 is 0 Å². The van der Waals surface area contributed by atoms with E-state index < -0.39 is 10.8 Å². The van der Waals surface area contributed by atoms with E-state index >= 15 is 0 Å². The molecular formula is C8H12N4O3. The molecule has 1 aromatic rings. The molecule has 0 unspecified atom stereocenters. The molecule has 0 aliphatic heterocycles. The number of H-pyrrole nitrogens is 1. The van der Waals surface area contributed by atoms with Crippen LogP contribution in [0.15, 0.2) is 0 Å². The summed E-state index contributed by atoms with van der Waals surface area (Å²) >= 11 is 0. The van der Waals surface area contributed by atoms with Crippen LogP contribution < -0.4 is 5.73 Å². The molecule has 1 heterocycles. The number of hydrogen-bond acceptors (Lipinski definition) is 4. The Kier molecular flexibility index (Phi) is 3.03. The van der Waals surface area contributed by atoms with Gasteiger partial charge in [0, 0.05) is 5.92 Å². The van der Waals surface area contributed by atoms with Crippen molar-refractivity contribution in [3.05, 3.63) is 21.5 Å². The molecule has 3 N–H and O–H groups in total. The van der Waals surface area contributed by atoms with Crippen molar-refractivity contribution in [2.75, 3.05) is 0 Å². The number of aromatic nitrogens is 2. The van der Waals surface area contributed by atoms with Gasteiger partial charge in [-0.05, 0) is 0 Å². The van der Waals surface area contributed by atoms with Gasteiger partial charge in [0.05, 0.1) is 11.3 Å². The van der Waals surface area contributed by atoms with Crippen molar-refractivity contribution in [2.45, 2.75) is 26.2 Å². The first-order valence-electron chi connectivity index (χ1n) is 4.43. The number of carbonyl (C=O) groups excluding carboxylic acids is 1. The van der Waals surface area contributed by atoms with Crippen molar-refractivity contribution >= 4 is 11.6 Å². The molecule has 82 valence electrons. The molecule has 0 aromatic carbocycles. The minimum atomic E-state index is -0.628. The van der Waals surface area contributed by atoms with Gasteiger partial charge in [-0.1, -0.05) is 13.8 Å². The molecular weight excluding hydrogens is 200 g/mol. The standard InChI is InChI=1S/C8H12N4O3/c1-4(2)7-8(12(14)15)5(10-11-7)3-6(9)13/h4H,3H2,1-2H3,(H2,9,13)(H,10,11). The maximum atomic E-state index is 10.8. The van der Waals surface area contributed by atoms with Crippen LogP contribution in [0.1, 0.15) is 31.2 Å². The number of carbonyl (C=O) groups is 1. The van der Waals surface area contributed by atoms with E-state index in [0.29, 0.717) is 5.69 Å². The largest absolute Gasteiger partial charge is 0.369 e. The molecule has 7 heteroatoms. The zero-order valence-corrected chi connectivity index (χ0v) is 8.48. The first-order valence-corrected chi connectivity index (χ1v) is 4.43. The van der Waals surface area contributed by atoms with Crippen LogP contribution in [0.4, 0.5) is 5.69 Å². The summed E-state index contributed by atoms with van der Waals surface area (Å²) in [7, 11) is 0. The van der Waals surface area contributed by atoms with Crippen LogP contribution in [0.3, 0.4) is 0 Å². The van der Waals surface area contributed by atoms with E-state index in [2.05, 4.69) is 10.2 Å². The van der Waals surface area contributed by atoms with E-state index in [1.54, 1.807) is 13.8 Å². The normalized spacial score (nSPS) is 10.6. The second-order valence-electron chi connectivity index (χ2n) is 3.49. The molecule has 0 saturated carbocycles. The minimum Gasteiger partial charge on any atom is -0.369 e. The Morgan fingerprint density at radius 1 is 1.67 bits per heavy atom. The molecule has 0 spiro atoms. The lowest BCUT2D eigenvalue weighted by molar-refractivity contribution is -0.386. The maximum Gasteiger partial charge on any atom is 0.313 e. The lowest BCUT2D eigenvalue weighted by Gasteiger charge is -1.98. The van der Waals surface area contributed by atoms with Crippen molar-refractivity contribution in [3.8, 4) is 0 Å². The molecule has 1 rings (SSSR count). The van der Waals surface area contributed by atoms with Gasteiger partial charge in [-0.3, -0.25) is 20.0 Å². The van der Waals surface area contributed by atoms with E-state index in [1.807, 2.05) is 0 Å². The lowest BCUT2D eigenvalue weighted by Crippen LogP contribution is -2.14. The molecule has 0 aliphatic rings. The fraction of sp³-hybridized carbons (Fsp3) is 0.500. The summed E-state index contributed by atoms with van der Waals surface area (Å²) in [6, 6.07) is 0. The molecule has 0 radical (unpaired) electrons. The van der Waals surface area contributed by atoms with Crippen LogP contribution in [0.5, 0.6) is 0 Å². The summed E-state index contributed by atoms with van der Waals surface area (Å²) in [6.45, 7) is 3.58. The number of rotatable bonds is 4. The van der Waals surface area contributed by atoms with E-state index in [4.69, 9.17) is 5.73 Å². The number of primary amides is 1. The summed E-state index contributed by atoms with van der Waals surface area (Å²) in [5, 5.41) is 17.1. The number of nitrogens with two attached hydrogens (primary N) is 1. The summed E-state index contributed by atoms with van der Waals surface area (Å²) in [6.07, 6.45) is -0.198. The quantitative estimate of drug-likeness (QED) is 0.557. The monoisotopic (exact) mass is 212 g/mol. The van der Waals surface area contributed by atoms with Crippen LogP contribution in [-0.4, -0.2) is 21.0 Å². The predicted octanol–water partition coefficient (Wildman–Crippen LogP) is 0.469. The second kappa shape index (κ2) is 4.07. The molecule has 7 nitrogen and oxygen atoms in total. The number of aromatic amines is 1. The molecule has 0 bridgehead atoms. The van der Waals surface area contributed by atoms with Gasteiger partial charge in [0.2, 0.25) is 5.91 Å². The summed E-state index contributed by atoms with van der Waals surface area (Å²) in [5.41, 5.74) is 5.34. The van der Waals surface area contributed by atoms with E-state index in [9.17, 15) is 14.9 Å². The Hall–Kier alpha value is -1.92. The summed E-state index contributed by atoms with van der Waals surface area (Å²) < 4.78 is 0. The Morgan fingerprint density at radius 3 is 2.67 bits per heavy atom. The van der Waals surface area contributed by atoms with E-state index in [-0.39, 0.29) is 23.7 Å². The molecule has 0 fully saturated rings. The number of nitrogens with one attached hydrogen (secondary N) is 1. The highest BCUT2D eigenvalue weighted by Crippen LogP contribution is 2.27. The van der Waals surface area contributed by atoms with Gasteiger partial charge in [0.25, 0.3) is 0 Å². The number of nitrogens with zero attached hydrogens (tertiary/aromatic N) is 2.